The molecule has 0 aromatic carbocycles. The zero-order valence-electron chi connectivity index (χ0n) is 9.33. The minimum atomic E-state index is 0.510. The van der Waals surface area contributed by atoms with Crippen LogP contribution in [0.4, 0.5) is 6.01 Å². The zero-order valence-corrected chi connectivity index (χ0v) is 9.33. The van der Waals surface area contributed by atoms with Crippen LogP contribution in [0.1, 0.15) is 56.7 Å². The summed E-state index contributed by atoms with van der Waals surface area (Å²) in [5, 5.41) is 6.91. The molecule has 1 N–H and O–H groups in total. The first kappa shape index (κ1) is 10.5. The van der Waals surface area contributed by atoms with Crippen LogP contribution in [0.15, 0.2) is 4.52 Å². The van der Waals surface area contributed by atoms with Crippen LogP contribution in [-0.4, -0.2) is 17.2 Å². The van der Waals surface area contributed by atoms with Crippen LogP contribution in [0.2, 0.25) is 0 Å². The molecule has 0 bridgehead atoms. The summed E-state index contributed by atoms with van der Waals surface area (Å²) >= 11 is 0. The van der Waals surface area contributed by atoms with Crippen molar-refractivity contribution in [3.8, 4) is 0 Å². The van der Waals surface area contributed by atoms with Crippen molar-refractivity contribution < 1.29 is 4.52 Å². The van der Waals surface area contributed by atoms with Gasteiger partial charge in [0.25, 0.3) is 0 Å². The lowest BCUT2D eigenvalue weighted by Crippen LogP contribution is -2.04. The second kappa shape index (κ2) is 5.14. The maximum absolute atomic E-state index is 5.07. The summed E-state index contributed by atoms with van der Waals surface area (Å²) in [7, 11) is 1.80. The highest BCUT2D eigenvalue weighted by Crippen LogP contribution is 2.29. The predicted molar refractivity (Wildman–Crippen MR) is 58.9 cm³/mol. The normalized spacial score (nSPS) is 19.5. The second-order valence-corrected chi connectivity index (χ2v) is 4.25. The highest BCUT2D eigenvalue weighted by Gasteiger charge is 2.18. The van der Waals surface area contributed by atoms with Gasteiger partial charge in [-0.05, 0) is 12.8 Å². The van der Waals surface area contributed by atoms with Gasteiger partial charge in [0.15, 0.2) is 5.82 Å². The first-order valence-electron chi connectivity index (χ1n) is 5.91. The molecule has 0 radical (unpaired) electrons. The smallest absolute Gasteiger partial charge is 0.321 e. The van der Waals surface area contributed by atoms with Crippen molar-refractivity contribution in [2.45, 2.75) is 50.9 Å². The van der Waals surface area contributed by atoms with Gasteiger partial charge in [0.05, 0.1) is 0 Å². The van der Waals surface area contributed by atoms with Crippen LogP contribution in [0, 0.1) is 0 Å². The Bertz CT molecular complexity index is 290. The van der Waals surface area contributed by atoms with Crippen molar-refractivity contribution in [2.24, 2.45) is 0 Å². The van der Waals surface area contributed by atoms with Gasteiger partial charge in [-0.3, -0.25) is 0 Å². The van der Waals surface area contributed by atoms with Gasteiger partial charge in [-0.2, -0.15) is 4.98 Å². The SMILES string of the molecule is CNc1nc(C2CCCCCCC2)no1. The van der Waals surface area contributed by atoms with Crippen LogP contribution in [0.3, 0.4) is 0 Å². The van der Waals surface area contributed by atoms with Crippen LogP contribution in [-0.2, 0) is 0 Å². The average Bonchev–Trinajstić information content (AvgIpc) is 2.65. The maximum atomic E-state index is 5.07. The lowest BCUT2D eigenvalue weighted by molar-refractivity contribution is 0.394. The van der Waals surface area contributed by atoms with E-state index in [4.69, 9.17) is 4.52 Å². The topological polar surface area (TPSA) is 51.0 Å². The van der Waals surface area contributed by atoms with E-state index in [0.717, 1.165) is 5.82 Å². The molecule has 4 heteroatoms. The van der Waals surface area contributed by atoms with Gasteiger partial charge in [-0.25, -0.2) is 0 Å². The standard InChI is InChI=1S/C11H19N3O/c1-12-11-13-10(14-15-11)9-7-5-3-2-4-6-8-9/h9H,2-8H2,1H3,(H,12,13,14). The Kier molecular flexibility index (Phi) is 3.59. The van der Waals surface area contributed by atoms with Gasteiger partial charge >= 0.3 is 6.01 Å². The van der Waals surface area contributed by atoms with Crippen molar-refractivity contribution in [2.75, 3.05) is 12.4 Å². The third-order valence-electron chi connectivity index (χ3n) is 3.13. The minimum Gasteiger partial charge on any atom is -0.341 e. The Morgan fingerprint density at radius 3 is 2.40 bits per heavy atom. The Morgan fingerprint density at radius 2 is 1.80 bits per heavy atom. The number of nitrogens with zero attached hydrogens (tertiary/aromatic N) is 2. The Labute approximate surface area is 90.4 Å². The molecule has 0 spiro atoms. The number of hydrogen-bond acceptors (Lipinski definition) is 4. The van der Waals surface area contributed by atoms with E-state index in [1.807, 2.05) is 0 Å². The minimum absolute atomic E-state index is 0.510. The lowest BCUT2D eigenvalue weighted by atomic mass is 9.91. The van der Waals surface area contributed by atoms with E-state index in [-0.39, 0.29) is 0 Å². The van der Waals surface area contributed by atoms with Gasteiger partial charge in [0.2, 0.25) is 0 Å². The summed E-state index contributed by atoms with van der Waals surface area (Å²) in [6.07, 6.45) is 9.12. The van der Waals surface area contributed by atoms with E-state index in [9.17, 15) is 0 Å². The monoisotopic (exact) mass is 209 g/mol. The number of hydrogen-bond donors (Lipinski definition) is 1. The molecule has 0 amide bonds. The van der Waals surface area contributed by atoms with E-state index < -0.39 is 0 Å². The van der Waals surface area contributed by atoms with E-state index in [1.54, 1.807) is 7.05 Å². The van der Waals surface area contributed by atoms with Gasteiger partial charge in [-0.15, -0.1) is 0 Å². The highest BCUT2D eigenvalue weighted by molar-refractivity contribution is 5.17. The lowest BCUT2D eigenvalue weighted by Gasteiger charge is -2.15. The van der Waals surface area contributed by atoms with E-state index >= 15 is 0 Å². The molecular formula is C11H19N3O. The van der Waals surface area contributed by atoms with Crippen molar-refractivity contribution in [1.29, 1.82) is 0 Å². The highest BCUT2D eigenvalue weighted by atomic mass is 16.5. The van der Waals surface area contributed by atoms with Crippen LogP contribution in [0.25, 0.3) is 0 Å². The van der Waals surface area contributed by atoms with Crippen molar-refractivity contribution >= 4 is 6.01 Å². The molecule has 1 aromatic heterocycles. The predicted octanol–water partition coefficient (Wildman–Crippen LogP) is 2.94. The van der Waals surface area contributed by atoms with Crippen LogP contribution >= 0.6 is 0 Å². The molecule has 2 rings (SSSR count). The Hall–Kier alpha value is -1.06. The van der Waals surface area contributed by atoms with Crippen molar-refractivity contribution in [1.82, 2.24) is 10.1 Å². The first-order chi connectivity index (χ1) is 7.40. The molecule has 1 saturated carbocycles. The molecule has 1 fully saturated rings. The molecule has 1 aliphatic rings. The molecule has 1 aliphatic carbocycles. The molecule has 0 saturated heterocycles. The first-order valence-corrected chi connectivity index (χ1v) is 5.91. The summed E-state index contributed by atoms with van der Waals surface area (Å²) in [5.74, 6) is 1.40. The third-order valence-corrected chi connectivity index (χ3v) is 3.13. The summed E-state index contributed by atoms with van der Waals surface area (Å²) in [6, 6.07) is 0.534. The molecule has 15 heavy (non-hydrogen) atoms. The molecule has 0 atom stereocenters. The largest absolute Gasteiger partial charge is 0.341 e. The zero-order chi connectivity index (χ0) is 10.5. The summed E-state index contributed by atoms with van der Waals surface area (Å²) in [6.45, 7) is 0. The van der Waals surface area contributed by atoms with Crippen LogP contribution in [0.5, 0.6) is 0 Å². The van der Waals surface area contributed by atoms with Gasteiger partial charge in [0.1, 0.15) is 0 Å². The van der Waals surface area contributed by atoms with Crippen molar-refractivity contribution in [3.05, 3.63) is 5.82 Å². The van der Waals surface area contributed by atoms with Gasteiger partial charge in [0, 0.05) is 13.0 Å². The second-order valence-electron chi connectivity index (χ2n) is 4.25. The molecule has 1 heterocycles. The fourth-order valence-electron chi connectivity index (χ4n) is 2.22. The fraction of sp³-hybridized carbons (Fsp3) is 0.818. The van der Waals surface area contributed by atoms with Crippen LogP contribution < -0.4 is 5.32 Å². The number of aromatic nitrogens is 2. The summed E-state index contributed by atoms with van der Waals surface area (Å²) in [5.41, 5.74) is 0. The Morgan fingerprint density at radius 1 is 1.13 bits per heavy atom. The number of rotatable bonds is 2. The molecule has 1 aromatic rings. The number of anilines is 1. The van der Waals surface area contributed by atoms with Gasteiger partial charge in [-0.1, -0.05) is 37.3 Å². The molecule has 0 unspecified atom stereocenters. The molecule has 84 valence electrons. The quantitative estimate of drug-likeness (QED) is 0.813. The number of nitrogens with one attached hydrogen (secondary N) is 1. The van der Waals surface area contributed by atoms with Gasteiger partial charge < -0.3 is 9.84 Å². The maximum Gasteiger partial charge on any atom is 0.321 e. The van der Waals surface area contributed by atoms with E-state index in [0.29, 0.717) is 11.9 Å². The summed E-state index contributed by atoms with van der Waals surface area (Å²) in [4.78, 5) is 4.34. The molecular weight excluding hydrogens is 190 g/mol. The van der Waals surface area contributed by atoms with E-state index in [1.165, 1.54) is 44.9 Å². The third kappa shape index (κ3) is 2.70. The summed E-state index contributed by atoms with van der Waals surface area (Å²) < 4.78 is 5.07. The van der Waals surface area contributed by atoms with E-state index in [2.05, 4.69) is 15.5 Å². The fourth-order valence-corrected chi connectivity index (χ4v) is 2.22. The van der Waals surface area contributed by atoms with Crippen molar-refractivity contribution in [3.63, 3.8) is 0 Å². The Balaban J connectivity index is 2.00. The molecule has 4 nitrogen and oxygen atoms in total. The molecule has 0 aliphatic heterocycles. The average molecular weight is 209 g/mol.